The van der Waals surface area contributed by atoms with Gasteiger partial charge in [0.05, 0.1) is 15.0 Å². The van der Waals surface area contributed by atoms with E-state index in [-0.39, 0.29) is 17.0 Å². The van der Waals surface area contributed by atoms with Crippen molar-refractivity contribution in [3.63, 3.8) is 0 Å². The number of carboxylic acids is 1. The van der Waals surface area contributed by atoms with Gasteiger partial charge in [0.1, 0.15) is 5.75 Å². The predicted octanol–water partition coefficient (Wildman–Crippen LogP) is 3.85. The molecule has 0 saturated carbocycles. The van der Waals surface area contributed by atoms with Crippen LogP contribution in [0.15, 0.2) is 46.9 Å². The number of nitro groups is 1. The first kappa shape index (κ1) is 14.0. The Hall–Kier alpha value is -2.41. The second-order valence-corrected chi connectivity index (χ2v) is 4.63. The van der Waals surface area contributed by atoms with E-state index in [0.29, 0.717) is 10.2 Å². The Balaban J connectivity index is 2.36. The van der Waals surface area contributed by atoms with Gasteiger partial charge in [-0.05, 0) is 40.2 Å². The van der Waals surface area contributed by atoms with E-state index in [1.165, 1.54) is 36.4 Å². The van der Waals surface area contributed by atoms with Crippen LogP contribution < -0.4 is 4.74 Å². The third-order valence-electron chi connectivity index (χ3n) is 2.46. The molecule has 6 nitrogen and oxygen atoms in total. The fraction of sp³-hybridized carbons (Fsp3) is 0. The van der Waals surface area contributed by atoms with Crippen molar-refractivity contribution in [2.75, 3.05) is 0 Å². The fourth-order valence-electron chi connectivity index (χ4n) is 1.53. The lowest BCUT2D eigenvalue weighted by Crippen LogP contribution is -1.97. The minimum Gasteiger partial charge on any atom is -0.478 e. The van der Waals surface area contributed by atoms with Gasteiger partial charge in [0.25, 0.3) is 0 Å². The largest absolute Gasteiger partial charge is 0.478 e. The van der Waals surface area contributed by atoms with Gasteiger partial charge in [-0.1, -0.05) is 12.1 Å². The summed E-state index contributed by atoms with van der Waals surface area (Å²) in [6, 6.07) is 10.1. The highest BCUT2D eigenvalue weighted by atomic mass is 79.9. The second-order valence-electron chi connectivity index (χ2n) is 3.78. The number of hydrogen-bond acceptors (Lipinski definition) is 4. The van der Waals surface area contributed by atoms with Crippen molar-refractivity contribution in [2.45, 2.75) is 0 Å². The molecule has 0 bridgehead atoms. The number of halogens is 1. The Labute approximate surface area is 121 Å². The van der Waals surface area contributed by atoms with Gasteiger partial charge in [-0.3, -0.25) is 10.1 Å². The van der Waals surface area contributed by atoms with Crippen LogP contribution in [0.4, 0.5) is 5.69 Å². The molecule has 0 fully saturated rings. The minimum absolute atomic E-state index is 0.0845. The van der Waals surface area contributed by atoms with E-state index in [9.17, 15) is 14.9 Å². The molecule has 0 aromatic heterocycles. The van der Waals surface area contributed by atoms with Gasteiger partial charge in [0.2, 0.25) is 5.75 Å². The maximum atomic E-state index is 10.9. The highest BCUT2D eigenvalue weighted by Gasteiger charge is 2.16. The number of benzene rings is 2. The first-order valence-corrected chi connectivity index (χ1v) is 6.22. The monoisotopic (exact) mass is 337 g/mol. The van der Waals surface area contributed by atoms with Crippen molar-refractivity contribution >= 4 is 27.6 Å². The van der Waals surface area contributed by atoms with Crippen LogP contribution in [-0.4, -0.2) is 16.0 Å². The molecule has 0 saturated heterocycles. The van der Waals surface area contributed by atoms with Gasteiger partial charge in [-0.15, -0.1) is 0 Å². The summed E-state index contributed by atoms with van der Waals surface area (Å²) >= 11 is 3.18. The van der Waals surface area contributed by atoms with Crippen LogP contribution in [-0.2, 0) is 0 Å². The summed E-state index contributed by atoms with van der Waals surface area (Å²) in [4.78, 5) is 21.1. The Kier molecular flexibility index (Phi) is 3.99. The number of nitro benzene ring substituents is 1. The van der Waals surface area contributed by atoms with Gasteiger partial charge in [0, 0.05) is 6.07 Å². The standard InChI is InChI=1S/C13H8BrNO5/c14-9-7-8(13(16)17)5-6-11(9)20-12-4-2-1-3-10(12)15(18)19/h1-7H,(H,16,17). The molecule has 0 spiro atoms. The normalized spacial score (nSPS) is 10.1. The van der Waals surface area contributed by atoms with Crippen LogP contribution in [0.25, 0.3) is 0 Å². The van der Waals surface area contributed by atoms with E-state index < -0.39 is 10.9 Å². The van der Waals surface area contributed by atoms with Crippen molar-refractivity contribution in [1.82, 2.24) is 0 Å². The van der Waals surface area contributed by atoms with Gasteiger partial charge in [-0.25, -0.2) is 4.79 Å². The number of rotatable bonds is 4. The maximum Gasteiger partial charge on any atom is 0.335 e. The molecule has 0 heterocycles. The first-order chi connectivity index (χ1) is 9.49. The van der Waals surface area contributed by atoms with Gasteiger partial charge < -0.3 is 9.84 Å². The van der Waals surface area contributed by atoms with Crippen LogP contribution in [0, 0.1) is 10.1 Å². The van der Waals surface area contributed by atoms with Crippen molar-refractivity contribution in [3.05, 3.63) is 62.6 Å². The summed E-state index contributed by atoms with van der Waals surface area (Å²) in [5.41, 5.74) is -0.0755. The molecule has 0 unspecified atom stereocenters. The number of aromatic carboxylic acids is 1. The molecule has 2 rings (SSSR count). The Morgan fingerprint density at radius 2 is 1.90 bits per heavy atom. The molecule has 102 valence electrons. The molecule has 0 radical (unpaired) electrons. The summed E-state index contributed by atoms with van der Waals surface area (Å²) in [7, 11) is 0. The first-order valence-electron chi connectivity index (χ1n) is 5.43. The number of nitrogens with zero attached hydrogens (tertiary/aromatic N) is 1. The molecule has 2 aromatic rings. The third-order valence-corrected chi connectivity index (χ3v) is 3.08. The Morgan fingerprint density at radius 3 is 2.50 bits per heavy atom. The second kappa shape index (κ2) is 5.70. The summed E-state index contributed by atoms with van der Waals surface area (Å²) in [6.45, 7) is 0. The summed E-state index contributed by atoms with van der Waals surface area (Å²) in [6.07, 6.45) is 0. The maximum absolute atomic E-state index is 10.9. The van der Waals surface area contributed by atoms with Crippen molar-refractivity contribution in [3.8, 4) is 11.5 Å². The Bertz CT molecular complexity index is 686. The smallest absolute Gasteiger partial charge is 0.335 e. The zero-order valence-corrected chi connectivity index (χ0v) is 11.5. The van der Waals surface area contributed by atoms with E-state index in [1.807, 2.05) is 0 Å². The van der Waals surface area contributed by atoms with Crippen molar-refractivity contribution in [1.29, 1.82) is 0 Å². The molecule has 0 atom stereocenters. The molecule has 0 aliphatic heterocycles. The van der Waals surface area contributed by atoms with E-state index >= 15 is 0 Å². The zero-order valence-electron chi connectivity index (χ0n) is 9.95. The van der Waals surface area contributed by atoms with Gasteiger partial charge >= 0.3 is 11.7 Å². The quantitative estimate of drug-likeness (QED) is 0.676. The van der Waals surface area contributed by atoms with E-state index in [0.717, 1.165) is 0 Å². The number of carbonyl (C=O) groups is 1. The molecule has 1 N–H and O–H groups in total. The van der Waals surface area contributed by atoms with Crippen LogP contribution in [0.5, 0.6) is 11.5 Å². The summed E-state index contributed by atoms with van der Waals surface area (Å²) < 4.78 is 5.85. The number of para-hydroxylation sites is 2. The SMILES string of the molecule is O=C(O)c1ccc(Oc2ccccc2[N+](=O)[O-])c(Br)c1. The highest BCUT2D eigenvalue weighted by Crippen LogP contribution is 2.35. The highest BCUT2D eigenvalue weighted by molar-refractivity contribution is 9.10. The van der Waals surface area contributed by atoms with Crippen LogP contribution in [0.2, 0.25) is 0 Å². The lowest BCUT2D eigenvalue weighted by atomic mass is 10.2. The van der Waals surface area contributed by atoms with Crippen LogP contribution >= 0.6 is 15.9 Å². The lowest BCUT2D eigenvalue weighted by Gasteiger charge is -2.08. The number of ether oxygens (including phenoxy) is 1. The van der Waals surface area contributed by atoms with Crippen LogP contribution in [0.1, 0.15) is 10.4 Å². The molecule has 2 aromatic carbocycles. The summed E-state index contributed by atoms with van der Waals surface area (Å²) in [5.74, 6) is -0.687. The Morgan fingerprint density at radius 1 is 1.20 bits per heavy atom. The lowest BCUT2D eigenvalue weighted by molar-refractivity contribution is -0.385. The van der Waals surface area contributed by atoms with Crippen molar-refractivity contribution < 1.29 is 19.6 Å². The molecular weight excluding hydrogens is 330 g/mol. The van der Waals surface area contributed by atoms with Crippen LogP contribution in [0.3, 0.4) is 0 Å². The number of carboxylic acid groups (broad SMARTS) is 1. The molecule has 0 aliphatic rings. The minimum atomic E-state index is -1.07. The zero-order chi connectivity index (χ0) is 14.7. The fourth-order valence-corrected chi connectivity index (χ4v) is 1.99. The molecule has 20 heavy (non-hydrogen) atoms. The van der Waals surface area contributed by atoms with Gasteiger partial charge in [0.15, 0.2) is 0 Å². The summed E-state index contributed by atoms with van der Waals surface area (Å²) in [5, 5.41) is 19.7. The van der Waals surface area contributed by atoms with E-state index in [1.54, 1.807) is 6.07 Å². The molecule has 0 amide bonds. The average molecular weight is 338 g/mol. The van der Waals surface area contributed by atoms with Gasteiger partial charge in [-0.2, -0.15) is 0 Å². The topological polar surface area (TPSA) is 89.7 Å². The molecule has 0 aliphatic carbocycles. The molecule has 7 heteroatoms. The van der Waals surface area contributed by atoms with E-state index in [4.69, 9.17) is 9.84 Å². The molecular formula is C13H8BrNO5. The third kappa shape index (κ3) is 2.94. The van der Waals surface area contributed by atoms with Crippen molar-refractivity contribution in [2.24, 2.45) is 0 Å². The average Bonchev–Trinajstić information content (AvgIpc) is 2.41. The number of hydrogen-bond donors (Lipinski definition) is 1. The van der Waals surface area contributed by atoms with E-state index in [2.05, 4.69) is 15.9 Å². The predicted molar refractivity (Wildman–Crippen MR) is 74.3 cm³/mol.